The molecule has 1 unspecified atom stereocenters. The standard InChI is InChI=1S/C19H27FN2O4/c1-13(2)10-22-6-7-25-16(11-22)9-21-18(23)12-26-19(24)15-5-4-14(3)17(20)8-15/h4-5,8,13,16H,6-7,9-12H2,1-3H3,(H,21,23). The Morgan fingerprint density at radius 1 is 1.42 bits per heavy atom. The average Bonchev–Trinajstić information content (AvgIpc) is 2.60. The van der Waals surface area contributed by atoms with Crippen molar-refractivity contribution in [2.24, 2.45) is 5.92 Å². The lowest BCUT2D eigenvalue weighted by atomic mass is 10.1. The van der Waals surface area contributed by atoms with Crippen molar-refractivity contribution >= 4 is 11.9 Å². The second kappa shape index (κ2) is 9.64. The van der Waals surface area contributed by atoms with Gasteiger partial charge in [-0.15, -0.1) is 0 Å². The number of benzene rings is 1. The van der Waals surface area contributed by atoms with Crippen LogP contribution in [0.1, 0.15) is 29.8 Å². The minimum atomic E-state index is -0.726. The van der Waals surface area contributed by atoms with Crippen molar-refractivity contribution in [2.45, 2.75) is 26.9 Å². The molecule has 0 aliphatic carbocycles. The molecule has 0 bridgehead atoms. The van der Waals surface area contributed by atoms with Crippen molar-refractivity contribution in [3.8, 4) is 0 Å². The molecular weight excluding hydrogens is 339 g/mol. The second-order valence-electron chi connectivity index (χ2n) is 6.99. The van der Waals surface area contributed by atoms with E-state index in [1.807, 2.05) is 0 Å². The highest BCUT2D eigenvalue weighted by Gasteiger charge is 2.21. The van der Waals surface area contributed by atoms with Crippen LogP contribution in [0, 0.1) is 18.7 Å². The number of morpholine rings is 1. The van der Waals surface area contributed by atoms with Gasteiger partial charge in [-0.25, -0.2) is 9.18 Å². The first-order chi connectivity index (χ1) is 12.3. The van der Waals surface area contributed by atoms with Gasteiger partial charge in [0.15, 0.2) is 6.61 Å². The summed E-state index contributed by atoms with van der Waals surface area (Å²) >= 11 is 0. The molecule has 1 aromatic carbocycles. The van der Waals surface area contributed by atoms with Crippen LogP contribution in [0.25, 0.3) is 0 Å². The molecule has 0 radical (unpaired) electrons. The minimum Gasteiger partial charge on any atom is -0.452 e. The Kier molecular flexibility index (Phi) is 7.53. The molecule has 1 N–H and O–H groups in total. The van der Waals surface area contributed by atoms with Crippen LogP contribution in [0.4, 0.5) is 4.39 Å². The molecule has 0 saturated carbocycles. The first-order valence-electron chi connectivity index (χ1n) is 8.89. The number of nitrogens with zero attached hydrogens (tertiary/aromatic N) is 1. The molecule has 26 heavy (non-hydrogen) atoms. The zero-order valence-electron chi connectivity index (χ0n) is 15.6. The molecule has 1 aliphatic rings. The molecule has 6 nitrogen and oxygen atoms in total. The Morgan fingerprint density at radius 2 is 2.19 bits per heavy atom. The zero-order valence-corrected chi connectivity index (χ0v) is 15.6. The van der Waals surface area contributed by atoms with Crippen LogP contribution in [0.3, 0.4) is 0 Å². The Morgan fingerprint density at radius 3 is 2.88 bits per heavy atom. The number of halogens is 1. The Labute approximate surface area is 153 Å². The number of carbonyl (C=O) groups excluding carboxylic acids is 2. The first-order valence-corrected chi connectivity index (χ1v) is 8.89. The number of esters is 1. The van der Waals surface area contributed by atoms with E-state index in [4.69, 9.17) is 9.47 Å². The van der Waals surface area contributed by atoms with Gasteiger partial charge in [-0.2, -0.15) is 0 Å². The molecule has 1 amide bonds. The number of rotatable bonds is 7. The van der Waals surface area contributed by atoms with Crippen LogP contribution >= 0.6 is 0 Å². The normalized spacial score (nSPS) is 18.0. The maximum Gasteiger partial charge on any atom is 0.338 e. The summed E-state index contributed by atoms with van der Waals surface area (Å²) in [7, 11) is 0. The lowest BCUT2D eigenvalue weighted by molar-refractivity contribution is -0.125. The molecule has 1 atom stereocenters. The van der Waals surface area contributed by atoms with Gasteiger partial charge < -0.3 is 14.8 Å². The second-order valence-corrected chi connectivity index (χ2v) is 6.99. The summed E-state index contributed by atoms with van der Waals surface area (Å²) in [5.41, 5.74) is 0.527. The predicted octanol–water partition coefficient (Wildman–Crippen LogP) is 1.76. The molecule has 144 valence electrons. The van der Waals surface area contributed by atoms with E-state index in [1.165, 1.54) is 12.1 Å². The highest BCUT2D eigenvalue weighted by molar-refractivity contribution is 5.91. The third kappa shape index (κ3) is 6.38. The number of hydrogen-bond acceptors (Lipinski definition) is 5. The van der Waals surface area contributed by atoms with Crippen molar-refractivity contribution in [1.82, 2.24) is 10.2 Å². The molecule has 2 rings (SSSR count). The van der Waals surface area contributed by atoms with E-state index in [0.717, 1.165) is 25.7 Å². The molecule has 1 heterocycles. The molecule has 1 aromatic rings. The first kappa shape index (κ1) is 20.3. The quantitative estimate of drug-likeness (QED) is 0.745. The average molecular weight is 366 g/mol. The van der Waals surface area contributed by atoms with E-state index < -0.39 is 24.3 Å². The summed E-state index contributed by atoms with van der Waals surface area (Å²) in [6.07, 6.45) is -0.0756. The van der Waals surface area contributed by atoms with Crippen LogP contribution in [-0.2, 0) is 14.3 Å². The molecule has 7 heteroatoms. The lowest BCUT2D eigenvalue weighted by Gasteiger charge is -2.33. The monoisotopic (exact) mass is 366 g/mol. The number of hydrogen-bond donors (Lipinski definition) is 1. The summed E-state index contributed by atoms with van der Waals surface area (Å²) in [5, 5.41) is 2.71. The number of nitrogens with one attached hydrogen (secondary N) is 1. The van der Waals surface area contributed by atoms with Gasteiger partial charge in [-0.3, -0.25) is 9.69 Å². The summed E-state index contributed by atoms with van der Waals surface area (Å²) in [5.74, 6) is -1.04. The van der Waals surface area contributed by atoms with Crippen LogP contribution in [0.15, 0.2) is 18.2 Å². The van der Waals surface area contributed by atoms with E-state index in [0.29, 0.717) is 24.6 Å². The van der Waals surface area contributed by atoms with Gasteiger partial charge in [0, 0.05) is 26.2 Å². The van der Waals surface area contributed by atoms with Crippen LogP contribution in [0.5, 0.6) is 0 Å². The Bertz CT molecular complexity index is 636. The Hall–Kier alpha value is -1.99. The number of amides is 1. The SMILES string of the molecule is Cc1ccc(C(=O)OCC(=O)NCC2CN(CC(C)C)CCO2)cc1F. The molecule has 1 saturated heterocycles. The van der Waals surface area contributed by atoms with E-state index in [9.17, 15) is 14.0 Å². The van der Waals surface area contributed by atoms with E-state index in [2.05, 4.69) is 24.1 Å². The van der Waals surface area contributed by atoms with Gasteiger partial charge in [0.1, 0.15) is 5.82 Å². The topological polar surface area (TPSA) is 67.9 Å². The Balaban J connectivity index is 1.71. The zero-order chi connectivity index (χ0) is 19.1. The molecular formula is C19H27FN2O4. The van der Waals surface area contributed by atoms with Gasteiger partial charge >= 0.3 is 5.97 Å². The van der Waals surface area contributed by atoms with Crippen LogP contribution in [0.2, 0.25) is 0 Å². The lowest BCUT2D eigenvalue weighted by Crippen LogP contribution is -2.48. The molecule has 0 aromatic heterocycles. The molecule has 1 fully saturated rings. The maximum absolute atomic E-state index is 13.5. The maximum atomic E-state index is 13.5. The molecule has 0 spiro atoms. The van der Waals surface area contributed by atoms with Gasteiger partial charge in [-0.05, 0) is 30.5 Å². The van der Waals surface area contributed by atoms with Crippen molar-refractivity contribution in [2.75, 3.05) is 39.4 Å². The van der Waals surface area contributed by atoms with Gasteiger partial charge in [-0.1, -0.05) is 19.9 Å². The third-order valence-corrected chi connectivity index (χ3v) is 4.12. The molecule has 1 aliphatic heterocycles. The fraction of sp³-hybridized carbons (Fsp3) is 0.579. The van der Waals surface area contributed by atoms with Crippen molar-refractivity contribution in [3.63, 3.8) is 0 Å². The van der Waals surface area contributed by atoms with Gasteiger partial charge in [0.2, 0.25) is 0 Å². The largest absolute Gasteiger partial charge is 0.452 e. The minimum absolute atomic E-state index is 0.0756. The summed E-state index contributed by atoms with van der Waals surface area (Å²) in [6.45, 7) is 9.20. The van der Waals surface area contributed by atoms with Gasteiger partial charge in [0.25, 0.3) is 5.91 Å². The van der Waals surface area contributed by atoms with Gasteiger partial charge in [0.05, 0.1) is 18.3 Å². The van der Waals surface area contributed by atoms with Crippen molar-refractivity contribution in [1.29, 1.82) is 0 Å². The van der Waals surface area contributed by atoms with Crippen molar-refractivity contribution < 1.29 is 23.5 Å². The summed E-state index contributed by atoms with van der Waals surface area (Å²) in [4.78, 5) is 26.1. The highest BCUT2D eigenvalue weighted by Crippen LogP contribution is 2.10. The van der Waals surface area contributed by atoms with Crippen molar-refractivity contribution in [3.05, 3.63) is 35.1 Å². The number of carbonyl (C=O) groups is 2. The highest BCUT2D eigenvalue weighted by atomic mass is 19.1. The van der Waals surface area contributed by atoms with Crippen LogP contribution < -0.4 is 5.32 Å². The fourth-order valence-electron chi connectivity index (χ4n) is 2.80. The summed E-state index contributed by atoms with van der Waals surface area (Å²) < 4.78 is 24.1. The predicted molar refractivity (Wildman–Crippen MR) is 95.4 cm³/mol. The van der Waals surface area contributed by atoms with E-state index in [-0.39, 0.29) is 11.7 Å². The smallest absolute Gasteiger partial charge is 0.338 e. The number of ether oxygens (including phenoxy) is 2. The fourth-order valence-corrected chi connectivity index (χ4v) is 2.80. The van der Waals surface area contributed by atoms with E-state index >= 15 is 0 Å². The summed E-state index contributed by atoms with van der Waals surface area (Å²) in [6, 6.07) is 4.07. The van der Waals surface area contributed by atoms with Crippen LogP contribution in [-0.4, -0.2) is 62.3 Å². The third-order valence-electron chi connectivity index (χ3n) is 4.12. The number of aryl methyl sites for hydroxylation is 1. The van der Waals surface area contributed by atoms with E-state index in [1.54, 1.807) is 6.92 Å².